The van der Waals surface area contributed by atoms with Crippen LogP contribution >= 0.6 is 0 Å². The summed E-state index contributed by atoms with van der Waals surface area (Å²) >= 11 is 0. The SMILES string of the molecule is CO[C@@H]1CC[C@H]2c3c([nH]n(-c4ccc([N+](=O)[O-])cc4)c3=O)C[C@]2(C)O1. The third-order valence-corrected chi connectivity index (χ3v) is 5.29. The second-order valence-corrected chi connectivity index (χ2v) is 6.82. The lowest BCUT2D eigenvalue weighted by atomic mass is 9.83. The Bertz CT molecular complexity index is 885. The first-order chi connectivity index (χ1) is 11.9. The predicted octanol–water partition coefficient (Wildman–Crippen LogP) is 2.26. The Morgan fingerprint density at radius 3 is 2.72 bits per heavy atom. The number of rotatable bonds is 3. The summed E-state index contributed by atoms with van der Waals surface area (Å²) in [5.41, 5.74) is 1.65. The van der Waals surface area contributed by atoms with Gasteiger partial charge in [0.15, 0.2) is 6.29 Å². The van der Waals surface area contributed by atoms with Gasteiger partial charge in [-0.1, -0.05) is 0 Å². The number of non-ortho nitro benzene ring substituents is 1. The van der Waals surface area contributed by atoms with Crippen LogP contribution in [-0.2, 0) is 15.9 Å². The molecule has 2 aliphatic rings. The molecule has 0 saturated carbocycles. The van der Waals surface area contributed by atoms with Crippen LogP contribution in [0.2, 0.25) is 0 Å². The number of nitro groups is 1. The third-order valence-electron chi connectivity index (χ3n) is 5.29. The van der Waals surface area contributed by atoms with Crippen LogP contribution in [0.25, 0.3) is 5.69 Å². The zero-order valence-corrected chi connectivity index (χ0v) is 14.0. The number of ether oxygens (including phenoxy) is 2. The molecule has 1 aliphatic heterocycles. The van der Waals surface area contributed by atoms with E-state index in [2.05, 4.69) is 5.10 Å². The minimum absolute atomic E-state index is 0.00485. The van der Waals surface area contributed by atoms with E-state index in [4.69, 9.17) is 9.47 Å². The summed E-state index contributed by atoms with van der Waals surface area (Å²) < 4.78 is 12.8. The van der Waals surface area contributed by atoms with E-state index in [0.717, 1.165) is 24.1 Å². The number of nitrogens with zero attached hydrogens (tertiary/aromatic N) is 2. The molecule has 132 valence electrons. The lowest BCUT2D eigenvalue weighted by molar-refractivity contribution is -0.384. The average molecular weight is 345 g/mol. The topological polar surface area (TPSA) is 99.4 Å². The van der Waals surface area contributed by atoms with E-state index >= 15 is 0 Å². The molecule has 2 aromatic rings. The summed E-state index contributed by atoms with van der Waals surface area (Å²) in [7, 11) is 1.63. The summed E-state index contributed by atoms with van der Waals surface area (Å²) in [6, 6.07) is 5.93. The van der Waals surface area contributed by atoms with E-state index in [1.165, 1.54) is 16.8 Å². The Morgan fingerprint density at radius 1 is 1.36 bits per heavy atom. The predicted molar refractivity (Wildman–Crippen MR) is 89.0 cm³/mol. The Labute approximate surface area is 143 Å². The van der Waals surface area contributed by atoms with Crippen molar-refractivity contribution in [3.8, 4) is 5.69 Å². The fourth-order valence-corrected chi connectivity index (χ4v) is 4.08. The Hall–Kier alpha value is -2.45. The molecular weight excluding hydrogens is 326 g/mol. The van der Waals surface area contributed by atoms with Crippen molar-refractivity contribution >= 4 is 5.69 Å². The number of aromatic amines is 1. The number of aromatic nitrogens is 2. The molecule has 0 radical (unpaired) electrons. The minimum Gasteiger partial charge on any atom is -0.356 e. The lowest BCUT2D eigenvalue weighted by Gasteiger charge is -2.40. The summed E-state index contributed by atoms with van der Waals surface area (Å²) in [5.74, 6) is 0.0250. The lowest BCUT2D eigenvalue weighted by Crippen LogP contribution is -2.44. The molecule has 1 aromatic heterocycles. The van der Waals surface area contributed by atoms with Gasteiger partial charge in [0.05, 0.1) is 16.2 Å². The Kier molecular flexibility index (Phi) is 3.55. The van der Waals surface area contributed by atoms with Crippen LogP contribution in [0.4, 0.5) is 5.69 Å². The van der Waals surface area contributed by atoms with E-state index < -0.39 is 10.5 Å². The van der Waals surface area contributed by atoms with Gasteiger partial charge in [-0.25, -0.2) is 4.68 Å². The van der Waals surface area contributed by atoms with Gasteiger partial charge < -0.3 is 9.47 Å². The molecule has 8 heteroatoms. The average Bonchev–Trinajstić information content (AvgIpc) is 3.06. The smallest absolute Gasteiger partial charge is 0.275 e. The van der Waals surface area contributed by atoms with Crippen molar-refractivity contribution in [1.82, 2.24) is 9.78 Å². The molecule has 0 amide bonds. The molecule has 25 heavy (non-hydrogen) atoms. The van der Waals surface area contributed by atoms with Crippen LogP contribution in [0, 0.1) is 10.1 Å². The summed E-state index contributed by atoms with van der Waals surface area (Å²) in [6.45, 7) is 2.02. The monoisotopic (exact) mass is 345 g/mol. The highest BCUT2D eigenvalue weighted by molar-refractivity contribution is 5.43. The Balaban J connectivity index is 1.70. The molecule has 3 atom stereocenters. The molecule has 2 heterocycles. The van der Waals surface area contributed by atoms with Gasteiger partial charge in [0, 0.05) is 42.8 Å². The maximum atomic E-state index is 12.9. The minimum atomic E-state index is -0.460. The van der Waals surface area contributed by atoms with E-state index in [1.807, 2.05) is 6.92 Å². The number of H-pyrrole nitrogens is 1. The largest absolute Gasteiger partial charge is 0.356 e. The molecule has 1 saturated heterocycles. The maximum absolute atomic E-state index is 12.9. The van der Waals surface area contributed by atoms with E-state index in [1.54, 1.807) is 19.2 Å². The van der Waals surface area contributed by atoms with Gasteiger partial charge in [-0.3, -0.25) is 20.0 Å². The number of methoxy groups -OCH3 is 1. The molecule has 0 unspecified atom stereocenters. The van der Waals surface area contributed by atoms with Gasteiger partial charge in [-0.05, 0) is 31.9 Å². The fourth-order valence-electron chi connectivity index (χ4n) is 4.08. The van der Waals surface area contributed by atoms with Crippen LogP contribution in [0.3, 0.4) is 0 Å². The quantitative estimate of drug-likeness (QED) is 0.679. The molecular formula is C17H19N3O5. The molecule has 1 fully saturated rings. The van der Waals surface area contributed by atoms with Crippen molar-refractivity contribution in [2.75, 3.05) is 7.11 Å². The van der Waals surface area contributed by atoms with Crippen LogP contribution in [0.5, 0.6) is 0 Å². The maximum Gasteiger partial charge on any atom is 0.275 e. The van der Waals surface area contributed by atoms with Crippen molar-refractivity contribution in [2.45, 2.75) is 44.0 Å². The van der Waals surface area contributed by atoms with Crippen molar-refractivity contribution in [1.29, 1.82) is 0 Å². The van der Waals surface area contributed by atoms with Crippen LogP contribution in [0.1, 0.15) is 36.9 Å². The first-order valence-electron chi connectivity index (χ1n) is 8.22. The molecule has 1 N–H and O–H groups in total. The summed E-state index contributed by atoms with van der Waals surface area (Å²) in [4.78, 5) is 23.3. The highest BCUT2D eigenvalue weighted by Crippen LogP contribution is 2.48. The first kappa shape index (κ1) is 16.0. The van der Waals surface area contributed by atoms with Crippen molar-refractivity contribution in [2.24, 2.45) is 0 Å². The molecule has 0 spiro atoms. The second-order valence-electron chi connectivity index (χ2n) is 6.82. The van der Waals surface area contributed by atoms with E-state index in [9.17, 15) is 14.9 Å². The zero-order valence-electron chi connectivity index (χ0n) is 14.0. The summed E-state index contributed by atoms with van der Waals surface area (Å²) in [6.07, 6.45) is 1.96. The highest BCUT2D eigenvalue weighted by atomic mass is 16.7. The van der Waals surface area contributed by atoms with Crippen LogP contribution in [-0.4, -0.2) is 33.7 Å². The first-order valence-corrected chi connectivity index (χ1v) is 8.22. The number of hydrogen-bond donors (Lipinski definition) is 1. The number of fused-ring (bicyclic) bond motifs is 3. The normalized spacial score (nSPS) is 27.8. The molecule has 8 nitrogen and oxygen atoms in total. The fraction of sp³-hybridized carbons (Fsp3) is 0.471. The second kappa shape index (κ2) is 5.53. The molecule has 0 bridgehead atoms. The van der Waals surface area contributed by atoms with Crippen molar-refractivity contribution in [3.63, 3.8) is 0 Å². The van der Waals surface area contributed by atoms with Gasteiger partial charge >= 0.3 is 0 Å². The number of nitrogens with one attached hydrogen (secondary N) is 1. The van der Waals surface area contributed by atoms with Crippen LogP contribution in [0.15, 0.2) is 29.1 Å². The van der Waals surface area contributed by atoms with Crippen molar-refractivity contribution < 1.29 is 14.4 Å². The van der Waals surface area contributed by atoms with Gasteiger partial charge in [-0.2, -0.15) is 0 Å². The molecule has 1 aliphatic carbocycles. The van der Waals surface area contributed by atoms with Gasteiger partial charge in [0.2, 0.25) is 0 Å². The number of hydrogen-bond acceptors (Lipinski definition) is 5. The van der Waals surface area contributed by atoms with E-state index in [-0.39, 0.29) is 23.5 Å². The third kappa shape index (κ3) is 2.40. The van der Waals surface area contributed by atoms with Gasteiger partial charge in [0.25, 0.3) is 11.2 Å². The van der Waals surface area contributed by atoms with Gasteiger partial charge in [0.1, 0.15) is 0 Å². The summed E-state index contributed by atoms with van der Waals surface area (Å²) in [5, 5.41) is 13.9. The Morgan fingerprint density at radius 2 is 2.08 bits per heavy atom. The van der Waals surface area contributed by atoms with Crippen LogP contribution < -0.4 is 5.56 Å². The van der Waals surface area contributed by atoms with E-state index in [0.29, 0.717) is 12.1 Å². The highest BCUT2D eigenvalue weighted by Gasteiger charge is 2.50. The number of nitro benzene ring substituents is 1. The standard InChI is InChI=1S/C17H19N3O5/c1-17-9-13-15(12(17)7-8-14(24-2)25-17)16(21)19(18-13)10-3-5-11(6-4-10)20(22)23/h3-6,12,14,18H,7-9H2,1-2H3/t12-,14-,17-/m0/s1. The molecule has 1 aromatic carbocycles. The van der Waals surface area contributed by atoms with Crippen molar-refractivity contribution in [3.05, 3.63) is 56.0 Å². The zero-order chi connectivity index (χ0) is 17.8. The number of benzene rings is 1. The molecule has 4 rings (SSSR count). The van der Waals surface area contributed by atoms with Gasteiger partial charge in [-0.15, -0.1) is 0 Å².